The molecule has 1 aliphatic rings. The number of carbonyl (C=O) groups excluding carboxylic acids is 1. The number of halogens is 1. The summed E-state index contributed by atoms with van der Waals surface area (Å²) in [5, 5.41) is 11.9. The van der Waals surface area contributed by atoms with Gasteiger partial charge in [-0.3, -0.25) is 4.79 Å². The SMILES string of the molecule is O=C(Cc1ccc(F)cc1)NC1(C(=O)O)CCCC1. The normalized spacial score (nSPS) is 17.1. The maximum absolute atomic E-state index is 12.7. The number of hydrogen-bond acceptors (Lipinski definition) is 2. The fourth-order valence-electron chi connectivity index (χ4n) is 2.47. The molecule has 19 heavy (non-hydrogen) atoms. The molecular weight excluding hydrogens is 249 g/mol. The summed E-state index contributed by atoms with van der Waals surface area (Å²) in [6.45, 7) is 0. The largest absolute Gasteiger partial charge is 0.480 e. The van der Waals surface area contributed by atoms with Gasteiger partial charge in [0.1, 0.15) is 11.4 Å². The molecule has 1 saturated carbocycles. The molecule has 0 atom stereocenters. The van der Waals surface area contributed by atoms with Crippen molar-refractivity contribution in [2.24, 2.45) is 0 Å². The average Bonchev–Trinajstić information content (AvgIpc) is 2.82. The molecule has 0 bridgehead atoms. The van der Waals surface area contributed by atoms with Crippen LogP contribution in [0.3, 0.4) is 0 Å². The van der Waals surface area contributed by atoms with Crippen LogP contribution in [0.15, 0.2) is 24.3 Å². The van der Waals surface area contributed by atoms with Crippen LogP contribution in [0.1, 0.15) is 31.2 Å². The molecule has 2 N–H and O–H groups in total. The third-order valence-electron chi connectivity index (χ3n) is 3.52. The molecule has 5 heteroatoms. The van der Waals surface area contributed by atoms with Gasteiger partial charge in [-0.25, -0.2) is 9.18 Å². The smallest absolute Gasteiger partial charge is 0.329 e. The lowest BCUT2D eigenvalue weighted by Gasteiger charge is -2.25. The number of hydrogen-bond donors (Lipinski definition) is 2. The van der Waals surface area contributed by atoms with Gasteiger partial charge >= 0.3 is 5.97 Å². The van der Waals surface area contributed by atoms with Gasteiger partial charge in [0, 0.05) is 0 Å². The molecule has 1 aromatic carbocycles. The molecule has 0 radical (unpaired) electrons. The standard InChI is InChI=1S/C14H16FNO3/c15-11-5-3-10(4-6-11)9-12(17)16-14(13(18)19)7-1-2-8-14/h3-6H,1-2,7-9H2,(H,16,17)(H,18,19). The Labute approximate surface area is 110 Å². The van der Waals surface area contributed by atoms with Gasteiger partial charge in [-0.15, -0.1) is 0 Å². The van der Waals surface area contributed by atoms with Gasteiger partial charge in [-0.1, -0.05) is 25.0 Å². The van der Waals surface area contributed by atoms with E-state index in [0.717, 1.165) is 12.8 Å². The number of carboxylic acids is 1. The number of carbonyl (C=O) groups is 2. The first-order valence-electron chi connectivity index (χ1n) is 6.31. The van der Waals surface area contributed by atoms with E-state index in [1.54, 1.807) is 0 Å². The van der Waals surface area contributed by atoms with Crippen molar-refractivity contribution in [1.82, 2.24) is 5.32 Å². The maximum atomic E-state index is 12.7. The van der Waals surface area contributed by atoms with E-state index in [-0.39, 0.29) is 18.1 Å². The van der Waals surface area contributed by atoms with Crippen molar-refractivity contribution in [3.05, 3.63) is 35.6 Å². The molecule has 1 fully saturated rings. The second-order valence-corrected chi connectivity index (χ2v) is 4.95. The van der Waals surface area contributed by atoms with Crippen molar-refractivity contribution in [2.45, 2.75) is 37.6 Å². The second-order valence-electron chi connectivity index (χ2n) is 4.95. The van der Waals surface area contributed by atoms with Crippen molar-refractivity contribution in [1.29, 1.82) is 0 Å². The first-order chi connectivity index (χ1) is 9.02. The monoisotopic (exact) mass is 265 g/mol. The minimum atomic E-state index is -1.11. The van der Waals surface area contributed by atoms with Crippen molar-refractivity contribution in [2.75, 3.05) is 0 Å². The number of aliphatic carboxylic acids is 1. The lowest BCUT2D eigenvalue weighted by Crippen LogP contribution is -2.52. The van der Waals surface area contributed by atoms with E-state index in [2.05, 4.69) is 5.32 Å². The number of benzene rings is 1. The van der Waals surface area contributed by atoms with Crippen LogP contribution < -0.4 is 5.32 Å². The zero-order chi connectivity index (χ0) is 13.9. The molecule has 0 saturated heterocycles. The highest BCUT2D eigenvalue weighted by Gasteiger charge is 2.42. The van der Waals surface area contributed by atoms with Gasteiger partial charge in [0.15, 0.2) is 0 Å². The van der Waals surface area contributed by atoms with E-state index in [1.807, 2.05) is 0 Å². The molecule has 4 nitrogen and oxygen atoms in total. The summed E-state index contributed by atoms with van der Waals surface area (Å²) in [7, 11) is 0. The predicted octanol–water partition coefficient (Wildman–Crippen LogP) is 1.88. The lowest BCUT2D eigenvalue weighted by atomic mass is 9.97. The molecule has 0 aliphatic heterocycles. The minimum absolute atomic E-state index is 0.0648. The summed E-state index contributed by atoms with van der Waals surface area (Å²) >= 11 is 0. The van der Waals surface area contributed by atoms with Gasteiger partial charge in [0.25, 0.3) is 0 Å². The van der Waals surface area contributed by atoms with Crippen molar-refractivity contribution in [3.63, 3.8) is 0 Å². The van der Waals surface area contributed by atoms with Crippen LogP contribution in [-0.4, -0.2) is 22.5 Å². The average molecular weight is 265 g/mol. The molecule has 1 amide bonds. The van der Waals surface area contributed by atoms with Crippen LogP contribution in [0.4, 0.5) is 4.39 Å². The van der Waals surface area contributed by atoms with E-state index >= 15 is 0 Å². The van der Waals surface area contributed by atoms with Gasteiger partial charge in [-0.05, 0) is 30.5 Å². The zero-order valence-corrected chi connectivity index (χ0v) is 10.5. The van der Waals surface area contributed by atoms with E-state index in [0.29, 0.717) is 18.4 Å². The highest BCUT2D eigenvalue weighted by atomic mass is 19.1. The van der Waals surface area contributed by atoms with Crippen LogP contribution in [0.2, 0.25) is 0 Å². The van der Waals surface area contributed by atoms with E-state index < -0.39 is 11.5 Å². The molecule has 0 heterocycles. The molecular formula is C14H16FNO3. The lowest BCUT2D eigenvalue weighted by molar-refractivity contribution is -0.147. The van der Waals surface area contributed by atoms with Crippen LogP contribution in [0.25, 0.3) is 0 Å². The van der Waals surface area contributed by atoms with Crippen LogP contribution >= 0.6 is 0 Å². The van der Waals surface area contributed by atoms with E-state index in [4.69, 9.17) is 0 Å². The maximum Gasteiger partial charge on any atom is 0.329 e. The fraction of sp³-hybridized carbons (Fsp3) is 0.429. The summed E-state index contributed by atoms with van der Waals surface area (Å²) in [5.74, 6) is -1.67. The summed E-state index contributed by atoms with van der Waals surface area (Å²) in [6.07, 6.45) is 2.62. The Morgan fingerprint density at radius 2 is 1.79 bits per heavy atom. The highest BCUT2D eigenvalue weighted by molar-refractivity contribution is 5.88. The highest BCUT2D eigenvalue weighted by Crippen LogP contribution is 2.29. The quantitative estimate of drug-likeness (QED) is 0.873. The molecule has 0 spiro atoms. The second kappa shape index (κ2) is 5.38. The van der Waals surface area contributed by atoms with Crippen molar-refractivity contribution in [3.8, 4) is 0 Å². The summed E-state index contributed by atoms with van der Waals surface area (Å²) in [5.41, 5.74) is -0.450. The Bertz CT molecular complexity index is 478. The Morgan fingerprint density at radius 3 is 2.32 bits per heavy atom. The number of carboxylic acid groups (broad SMARTS) is 1. The van der Waals surface area contributed by atoms with Gasteiger partial charge in [0.05, 0.1) is 6.42 Å². The van der Waals surface area contributed by atoms with Crippen molar-refractivity contribution < 1.29 is 19.1 Å². The van der Waals surface area contributed by atoms with Gasteiger partial charge in [-0.2, -0.15) is 0 Å². The fourth-order valence-corrected chi connectivity index (χ4v) is 2.47. The summed E-state index contributed by atoms with van der Waals surface area (Å²) in [4.78, 5) is 23.2. The van der Waals surface area contributed by atoms with E-state index in [9.17, 15) is 19.1 Å². The first-order valence-corrected chi connectivity index (χ1v) is 6.31. The molecule has 1 aliphatic carbocycles. The predicted molar refractivity (Wildman–Crippen MR) is 67.1 cm³/mol. The molecule has 1 aromatic rings. The number of amides is 1. The van der Waals surface area contributed by atoms with Gasteiger partial charge in [0.2, 0.25) is 5.91 Å². The van der Waals surface area contributed by atoms with Crippen molar-refractivity contribution >= 4 is 11.9 Å². The first kappa shape index (κ1) is 13.5. The topological polar surface area (TPSA) is 66.4 Å². The summed E-state index contributed by atoms with van der Waals surface area (Å²) in [6, 6.07) is 5.62. The Morgan fingerprint density at radius 1 is 1.21 bits per heavy atom. The number of nitrogens with one attached hydrogen (secondary N) is 1. The molecule has 102 valence electrons. The van der Waals surface area contributed by atoms with E-state index in [1.165, 1.54) is 24.3 Å². The Kier molecular flexibility index (Phi) is 3.83. The third-order valence-corrected chi connectivity index (χ3v) is 3.52. The van der Waals surface area contributed by atoms with Crippen LogP contribution in [-0.2, 0) is 16.0 Å². The zero-order valence-electron chi connectivity index (χ0n) is 10.5. The Hall–Kier alpha value is -1.91. The number of rotatable bonds is 4. The van der Waals surface area contributed by atoms with Gasteiger partial charge < -0.3 is 10.4 Å². The molecule has 2 rings (SSSR count). The van der Waals surface area contributed by atoms with Crippen LogP contribution in [0, 0.1) is 5.82 Å². The summed E-state index contributed by atoms with van der Waals surface area (Å²) < 4.78 is 12.7. The minimum Gasteiger partial charge on any atom is -0.480 e. The van der Waals surface area contributed by atoms with Crippen LogP contribution in [0.5, 0.6) is 0 Å². The molecule has 0 unspecified atom stereocenters. The molecule has 0 aromatic heterocycles. The third kappa shape index (κ3) is 3.10. The Balaban J connectivity index is 2.00.